The predicted octanol–water partition coefficient (Wildman–Crippen LogP) is 3.25. The maximum absolute atomic E-state index is 13.2. The van der Waals surface area contributed by atoms with Crippen LogP contribution in [0.5, 0.6) is 11.6 Å². The molecule has 0 fully saturated rings. The molecule has 0 saturated heterocycles. The molecule has 0 atom stereocenters. The molecule has 0 aliphatic heterocycles. The number of nitrogens with two attached hydrogens (primary N) is 1. The summed E-state index contributed by atoms with van der Waals surface area (Å²) in [5.74, 6) is 1.40. The van der Waals surface area contributed by atoms with E-state index in [2.05, 4.69) is 9.97 Å². The SMILES string of the molecule is CCCc1nc(N)cc(Oc2cc(F)ccc2C)n1. The van der Waals surface area contributed by atoms with Crippen LogP contribution in [0.15, 0.2) is 24.3 Å². The van der Waals surface area contributed by atoms with Crippen molar-refractivity contribution in [2.75, 3.05) is 5.73 Å². The first-order chi connectivity index (χ1) is 9.08. The van der Waals surface area contributed by atoms with Crippen LogP contribution in [-0.2, 0) is 6.42 Å². The fourth-order valence-electron chi connectivity index (χ4n) is 1.68. The Morgan fingerprint density at radius 1 is 1.26 bits per heavy atom. The molecular formula is C14H16FN3O. The number of rotatable bonds is 4. The van der Waals surface area contributed by atoms with Gasteiger partial charge in [-0.05, 0) is 25.0 Å². The Bertz CT molecular complexity index is 587. The molecule has 5 heteroatoms. The highest BCUT2D eigenvalue weighted by atomic mass is 19.1. The molecule has 0 radical (unpaired) electrons. The minimum Gasteiger partial charge on any atom is -0.438 e. The van der Waals surface area contributed by atoms with Crippen molar-refractivity contribution in [3.05, 3.63) is 41.5 Å². The van der Waals surface area contributed by atoms with E-state index in [9.17, 15) is 4.39 Å². The third kappa shape index (κ3) is 3.40. The molecule has 0 bridgehead atoms. The third-order valence-electron chi connectivity index (χ3n) is 2.61. The number of anilines is 1. The molecule has 100 valence electrons. The first-order valence-electron chi connectivity index (χ1n) is 6.16. The zero-order valence-electron chi connectivity index (χ0n) is 11.0. The molecule has 0 aliphatic carbocycles. The van der Waals surface area contributed by atoms with E-state index in [4.69, 9.17) is 10.5 Å². The van der Waals surface area contributed by atoms with Gasteiger partial charge in [0.05, 0.1) is 0 Å². The Labute approximate surface area is 111 Å². The minimum atomic E-state index is -0.351. The van der Waals surface area contributed by atoms with E-state index in [-0.39, 0.29) is 5.82 Å². The van der Waals surface area contributed by atoms with Crippen molar-refractivity contribution in [1.29, 1.82) is 0 Å². The van der Waals surface area contributed by atoms with Gasteiger partial charge in [-0.3, -0.25) is 0 Å². The van der Waals surface area contributed by atoms with Gasteiger partial charge in [-0.2, -0.15) is 4.98 Å². The fraction of sp³-hybridized carbons (Fsp3) is 0.286. The lowest BCUT2D eigenvalue weighted by Gasteiger charge is -2.09. The molecule has 0 spiro atoms. The quantitative estimate of drug-likeness (QED) is 0.917. The Morgan fingerprint density at radius 2 is 2.05 bits per heavy atom. The normalized spacial score (nSPS) is 10.5. The maximum Gasteiger partial charge on any atom is 0.224 e. The first-order valence-corrected chi connectivity index (χ1v) is 6.16. The van der Waals surface area contributed by atoms with E-state index < -0.39 is 0 Å². The topological polar surface area (TPSA) is 61.0 Å². The van der Waals surface area contributed by atoms with Gasteiger partial charge in [-0.25, -0.2) is 9.37 Å². The molecule has 0 aliphatic rings. The van der Waals surface area contributed by atoms with Crippen molar-refractivity contribution in [2.24, 2.45) is 0 Å². The summed E-state index contributed by atoms with van der Waals surface area (Å²) in [6.45, 7) is 3.87. The van der Waals surface area contributed by atoms with Crippen LogP contribution < -0.4 is 10.5 Å². The Kier molecular flexibility index (Phi) is 3.94. The van der Waals surface area contributed by atoms with Gasteiger partial charge in [-0.1, -0.05) is 13.0 Å². The minimum absolute atomic E-state index is 0.338. The molecule has 1 aromatic heterocycles. The fourth-order valence-corrected chi connectivity index (χ4v) is 1.68. The van der Waals surface area contributed by atoms with Crippen molar-refractivity contribution in [3.63, 3.8) is 0 Å². The lowest BCUT2D eigenvalue weighted by molar-refractivity contribution is 0.451. The molecule has 2 rings (SSSR count). The lowest BCUT2D eigenvalue weighted by atomic mass is 10.2. The van der Waals surface area contributed by atoms with Gasteiger partial charge >= 0.3 is 0 Å². The second-order valence-corrected chi connectivity index (χ2v) is 4.31. The van der Waals surface area contributed by atoms with Crippen LogP contribution in [0.3, 0.4) is 0 Å². The molecule has 1 aromatic carbocycles. The highest BCUT2D eigenvalue weighted by Gasteiger charge is 2.07. The van der Waals surface area contributed by atoms with Crippen molar-refractivity contribution in [3.8, 4) is 11.6 Å². The summed E-state index contributed by atoms with van der Waals surface area (Å²) >= 11 is 0. The zero-order chi connectivity index (χ0) is 13.8. The third-order valence-corrected chi connectivity index (χ3v) is 2.61. The summed E-state index contributed by atoms with van der Waals surface area (Å²) in [6.07, 6.45) is 1.64. The Balaban J connectivity index is 2.29. The largest absolute Gasteiger partial charge is 0.438 e. The molecule has 19 heavy (non-hydrogen) atoms. The summed E-state index contributed by atoms with van der Waals surface area (Å²) in [5.41, 5.74) is 6.54. The first kappa shape index (κ1) is 13.3. The second kappa shape index (κ2) is 5.65. The molecule has 1 heterocycles. The second-order valence-electron chi connectivity index (χ2n) is 4.31. The van der Waals surface area contributed by atoms with Crippen LogP contribution in [0.1, 0.15) is 24.7 Å². The molecule has 0 amide bonds. The number of aryl methyl sites for hydroxylation is 2. The number of nitrogens with zero attached hydrogens (tertiary/aromatic N) is 2. The van der Waals surface area contributed by atoms with Gasteiger partial charge in [-0.15, -0.1) is 0 Å². The summed E-state index contributed by atoms with van der Waals surface area (Å²) in [4.78, 5) is 8.37. The van der Waals surface area contributed by atoms with Crippen molar-refractivity contribution >= 4 is 5.82 Å². The van der Waals surface area contributed by atoms with Crippen LogP contribution in [0.25, 0.3) is 0 Å². The molecule has 4 nitrogen and oxygen atoms in total. The van der Waals surface area contributed by atoms with Crippen LogP contribution in [0, 0.1) is 12.7 Å². The van der Waals surface area contributed by atoms with Crippen molar-refractivity contribution in [1.82, 2.24) is 9.97 Å². The number of nitrogen functional groups attached to an aromatic ring is 1. The molecule has 0 unspecified atom stereocenters. The molecule has 2 aromatic rings. The summed E-state index contributed by atoms with van der Waals surface area (Å²) in [5, 5.41) is 0. The van der Waals surface area contributed by atoms with Gasteiger partial charge in [0.1, 0.15) is 23.2 Å². The van der Waals surface area contributed by atoms with Gasteiger partial charge in [0, 0.05) is 18.6 Å². The Hall–Kier alpha value is -2.17. The standard InChI is InChI=1S/C14H16FN3O/c1-3-4-13-17-12(16)8-14(18-13)19-11-7-10(15)6-5-9(11)2/h5-8H,3-4H2,1-2H3,(H2,16,17,18). The van der Waals surface area contributed by atoms with E-state index in [0.717, 1.165) is 18.4 Å². The van der Waals surface area contributed by atoms with Gasteiger partial charge in [0.2, 0.25) is 5.88 Å². The number of hydrogen-bond acceptors (Lipinski definition) is 4. The van der Waals surface area contributed by atoms with Crippen LogP contribution in [0.2, 0.25) is 0 Å². The van der Waals surface area contributed by atoms with E-state index in [1.165, 1.54) is 18.2 Å². The zero-order valence-corrected chi connectivity index (χ0v) is 11.0. The number of hydrogen-bond donors (Lipinski definition) is 1. The van der Waals surface area contributed by atoms with Crippen molar-refractivity contribution < 1.29 is 9.13 Å². The van der Waals surface area contributed by atoms with Gasteiger partial charge < -0.3 is 10.5 Å². The van der Waals surface area contributed by atoms with E-state index in [0.29, 0.717) is 23.3 Å². The number of aromatic nitrogens is 2. The van der Waals surface area contributed by atoms with Crippen LogP contribution >= 0.6 is 0 Å². The van der Waals surface area contributed by atoms with Gasteiger partial charge in [0.15, 0.2) is 0 Å². The highest BCUT2D eigenvalue weighted by Crippen LogP contribution is 2.25. The lowest BCUT2D eigenvalue weighted by Crippen LogP contribution is -2.01. The van der Waals surface area contributed by atoms with E-state index in [1.807, 2.05) is 13.8 Å². The Morgan fingerprint density at radius 3 is 2.79 bits per heavy atom. The van der Waals surface area contributed by atoms with Gasteiger partial charge in [0.25, 0.3) is 0 Å². The smallest absolute Gasteiger partial charge is 0.224 e. The summed E-state index contributed by atoms with van der Waals surface area (Å²) in [6, 6.07) is 5.90. The molecule has 0 saturated carbocycles. The molecule has 2 N–H and O–H groups in total. The summed E-state index contributed by atoms with van der Waals surface area (Å²) < 4.78 is 18.8. The van der Waals surface area contributed by atoms with Crippen molar-refractivity contribution in [2.45, 2.75) is 26.7 Å². The van der Waals surface area contributed by atoms with E-state index >= 15 is 0 Å². The average molecular weight is 261 g/mol. The van der Waals surface area contributed by atoms with Crippen LogP contribution in [0.4, 0.5) is 10.2 Å². The number of benzene rings is 1. The van der Waals surface area contributed by atoms with E-state index in [1.54, 1.807) is 6.07 Å². The molecular weight excluding hydrogens is 245 g/mol. The maximum atomic E-state index is 13.2. The summed E-state index contributed by atoms with van der Waals surface area (Å²) in [7, 11) is 0. The number of ether oxygens (including phenoxy) is 1. The number of halogens is 1. The highest BCUT2D eigenvalue weighted by molar-refractivity contribution is 5.39. The van der Waals surface area contributed by atoms with Crippen LogP contribution in [-0.4, -0.2) is 9.97 Å². The monoisotopic (exact) mass is 261 g/mol. The predicted molar refractivity (Wildman–Crippen MR) is 71.7 cm³/mol. The average Bonchev–Trinajstić information content (AvgIpc) is 2.33.